The van der Waals surface area contributed by atoms with Crippen molar-refractivity contribution in [3.8, 4) is 15.6 Å². The lowest BCUT2D eigenvalue weighted by Crippen LogP contribution is -2.12. The van der Waals surface area contributed by atoms with Gasteiger partial charge in [0.1, 0.15) is 12.4 Å². The van der Waals surface area contributed by atoms with Gasteiger partial charge in [-0.3, -0.25) is 4.79 Å². The second-order valence-corrected chi connectivity index (χ2v) is 5.11. The minimum Gasteiger partial charge on any atom is -0.595 e. The molecule has 0 heterocycles. The molecular weight excluding hydrogens is 395 g/mol. The number of nitrogens with zero attached hydrogens (tertiary/aromatic N) is 2. The Balaban J connectivity index is 3.00. The van der Waals surface area contributed by atoms with Crippen LogP contribution in [0.4, 0.5) is 0 Å². The summed E-state index contributed by atoms with van der Waals surface area (Å²) in [6.07, 6.45) is 1.33. The molecule has 0 N–H and O–H groups in total. The van der Waals surface area contributed by atoms with Crippen LogP contribution in [0, 0.1) is 15.1 Å². The van der Waals surface area contributed by atoms with Crippen molar-refractivity contribution in [1.82, 2.24) is 0 Å². The van der Waals surface area contributed by atoms with Gasteiger partial charge in [0.05, 0.1) is 0 Å². The van der Waals surface area contributed by atoms with Crippen LogP contribution in [0.25, 0.3) is 5.57 Å². The second-order valence-electron chi connectivity index (χ2n) is 4.57. The molecule has 0 bridgehead atoms. The third-order valence-electron chi connectivity index (χ3n) is 2.86. The number of benzene rings is 1. The highest BCUT2D eigenvalue weighted by atomic mass is 127. The number of Topliss-reactive ketones (excluding diaryl/α,β-unsaturated/α-hetero) is 1. The lowest BCUT2D eigenvalue weighted by atomic mass is 10.1. The van der Waals surface area contributed by atoms with Gasteiger partial charge in [0.15, 0.2) is 11.8 Å². The van der Waals surface area contributed by atoms with Gasteiger partial charge in [0, 0.05) is 33.7 Å². The third-order valence-corrected chi connectivity index (χ3v) is 3.24. The van der Waals surface area contributed by atoms with Crippen LogP contribution in [0.15, 0.2) is 35.6 Å². The predicted molar refractivity (Wildman–Crippen MR) is 93.6 cm³/mol. The molecule has 0 aliphatic rings. The molecule has 0 saturated carbocycles. The van der Waals surface area contributed by atoms with Crippen LogP contribution in [-0.2, 0) is 4.79 Å². The number of azo groups is 1. The van der Waals surface area contributed by atoms with Crippen molar-refractivity contribution in [1.29, 1.82) is 0 Å². The smallest absolute Gasteiger partial charge is 0.213 e. The Morgan fingerprint density at radius 3 is 2.82 bits per heavy atom. The molecule has 0 aromatic heterocycles. The summed E-state index contributed by atoms with van der Waals surface area (Å²) in [5.41, 5.74) is 1.47. The Hall–Kier alpha value is -1.88. The first-order valence-corrected chi connectivity index (χ1v) is 7.70. The lowest BCUT2D eigenvalue weighted by Gasteiger charge is -2.09. The highest BCUT2D eigenvalue weighted by Crippen LogP contribution is 2.25. The Morgan fingerprint density at radius 2 is 2.18 bits per heavy atom. The zero-order valence-electron chi connectivity index (χ0n) is 12.7. The molecule has 1 atom stereocenters. The molecule has 116 valence electrons. The van der Waals surface area contributed by atoms with Gasteiger partial charge in [-0.05, 0) is 35.9 Å². The molecule has 1 unspecified atom stereocenters. The summed E-state index contributed by atoms with van der Waals surface area (Å²) in [6.45, 7) is 5.04. The summed E-state index contributed by atoms with van der Waals surface area (Å²) < 4.78 is 8.30. The fourth-order valence-electron chi connectivity index (χ4n) is 1.58. The summed E-state index contributed by atoms with van der Waals surface area (Å²) in [4.78, 5) is 11.5. The SMILES string of the molecule is CC(=O)C(C)N=[N+]([O-])/C=C(\C)c1ccccc1OCC#CI. The number of ketones is 1. The summed E-state index contributed by atoms with van der Waals surface area (Å²) in [5, 5.41) is 15.5. The average molecular weight is 412 g/mol. The van der Waals surface area contributed by atoms with Gasteiger partial charge in [-0.15, -0.1) is 0 Å². The molecule has 1 aromatic carbocycles. The summed E-state index contributed by atoms with van der Waals surface area (Å²) in [7, 11) is 0. The molecule has 0 spiro atoms. The fraction of sp³-hybridized carbons (Fsp3) is 0.312. The topological polar surface area (TPSA) is 64.7 Å². The first-order valence-electron chi connectivity index (χ1n) is 6.62. The third kappa shape index (κ3) is 5.85. The van der Waals surface area contributed by atoms with E-state index in [9.17, 15) is 10.0 Å². The highest BCUT2D eigenvalue weighted by molar-refractivity contribution is 14.1. The Kier molecular flexibility index (Phi) is 7.60. The molecule has 0 fully saturated rings. The van der Waals surface area contributed by atoms with Crippen LogP contribution in [-0.4, -0.2) is 23.3 Å². The maximum Gasteiger partial charge on any atom is 0.213 e. The molecule has 0 amide bonds. The summed E-state index contributed by atoms with van der Waals surface area (Å²) in [6, 6.07) is 6.70. The van der Waals surface area contributed by atoms with Gasteiger partial charge < -0.3 is 9.94 Å². The maximum atomic E-state index is 11.8. The van der Waals surface area contributed by atoms with Gasteiger partial charge in [-0.25, -0.2) is 0 Å². The van der Waals surface area contributed by atoms with E-state index >= 15 is 0 Å². The van der Waals surface area contributed by atoms with Crippen LogP contribution < -0.4 is 4.74 Å². The predicted octanol–water partition coefficient (Wildman–Crippen LogP) is 3.76. The van der Waals surface area contributed by atoms with E-state index in [1.807, 2.05) is 46.9 Å². The van der Waals surface area contributed by atoms with E-state index in [0.717, 1.165) is 5.56 Å². The van der Waals surface area contributed by atoms with Gasteiger partial charge >= 0.3 is 0 Å². The van der Waals surface area contributed by atoms with E-state index in [-0.39, 0.29) is 12.4 Å². The largest absolute Gasteiger partial charge is 0.595 e. The zero-order chi connectivity index (χ0) is 16.5. The number of carbonyl (C=O) groups excluding carboxylic acids is 1. The van der Waals surface area contributed by atoms with Crippen LogP contribution in [0.2, 0.25) is 0 Å². The Bertz CT molecular complexity index is 657. The zero-order valence-corrected chi connectivity index (χ0v) is 14.8. The normalized spacial score (nSPS) is 13.1. The highest BCUT2D eigenvalue weighted by Gasteiger charge is 2.11. The van der Waals surface area contributed by atoms with Crippen molar-refractivity contribution in [3.63, 3.8) is 0 Å². The van der Waals surface area contributed by atoms with Gasteiger partial charge in [-0.2, -0.15) is 0 Å². The molecule has 22 heavy (non-hydrogen) atoms. The van der Waals surface area contributed by atoms with Crippen molar-refractivity contribution in [2.75, 3.05) is 6.61 Å². The number of carbonyl (C=O) groups is 1. The van der Waals surface area contributed by atoms with E-state index in [1.165, 1.54) is 13.1 Å². The molecule has 6 heteroatoms. The van der Waals surface area contributed by atoms with E-state index in [4.69, 9.17) is 4.74 Å². The number of para-hydroxylation sites is 1. The first kappa shape index (κ1) is 18.2. The minimum absolute atomic E-state index is 0.159. The van der Waals surface area contributed by atoms with Gasteiger partial charge in [0.25, 0.3) is 0 Å². The van der Waals surface area contributed by atoms with Crippen LogP contribution in [0.1, 0.15) is 26.3 Å². The number of hydrogen-bond donors (Lipinski definition) is 0. The molecular formula is C16H17IN2O3. The van der Waals surface area contributed by atoms with Gasteiger partial charge in [0.2, 0.25) is 6.20 Å². The number of hydroxylamine groups is 1. The summed E-state index contributed by atoms with van der Waals surface area (Å²) >= 11 is 1.94. The van der Waals surface area contributed by atoms with E-state index < -0.39 is 6.04 Å². The second kappa shape index (κ2) is 9.20. The molecule has 0 saturated heterocycles. The quantitative estimate of drug-likeness (QED) is 0.235. The van der Waals surface area contributed by atoms with Crippen molar-refractivity contribution in [2.45, 2.75) is 26.8 Å². The standard InChI is InChI=1S/C16H17IN2O3/c1-12(11-19(21)18-13(2)14(3)20)15-7-4-5-8-16(15)22-10-6-9-17/h4-5,7-8,11,13H,10H2,1-3H3/b12-11+,19-18?. The minimum atomic E-state index is -0.660. The molecule has 0 radical (unpaired) electrons. The average Bonchev–Trinajstić information content (AvgIpc) is 2.47. The van der Waals surface area contributed by atoms with E-state index in [0.29, 0.717) is 16.2 Å². The monoisotopic (exact) mass is 412 g/mol. The van der Waals surface area contributed by atoms with Crippen molar-refractivity contribution >= 4 is 33.9 Å². The number of rotatable bonds is 6. The molecule has 1 rings (SSSR count). The van der Waals surface area contributed by atoms with Gasteiger partial charge in [-0.1, -0.05) is 29.0 Å². The number of halogens is 1. The first-order chi connectivity index (χ1) is 10.5. The number of hydrogen-bond acceptors (Lipinski definition) is 4. The lowest BCUT2D eigenvalue weighted by molar-refractivity contribution is -0.460. The molecule has 1 aromatic rings. The fourth-order valence-corrected chi connectivity index (χ4v) is 1.74. The number of ether oxygens (including phenoxy) is 1. The Labute approximate surface area is 143 Å². The Morgan fingerprint density at radius 1 is 1.50 bits per heavy atom. The van der Waals surface area contributed by atoms with Crippen molar-refractivity contribution < 1.29 is 14.4 Å². The van der Waals surface area contributed by atoms with Crippen LogP contribution in [0.3, 0.4) is 0 Å². The number of allylic oxidation sites excluding steroid dienone is 1. The molecule has 5 nitrogen and oxygen atoms in total. The van der Waals surface area contributed by atoms with E-state index in [2.05, 4.69) is 15.0 Å². The van der Waals surface area contributed by atoms with Crippen molar-refractivity contribution in [2.24, 2.45) is 5.11 Å². The summed E-state index contributed by atoms with van der Waals surface area (Å²) in [5.74, 6) is 3.29. The van der Waals surface area contributed by atoms with Crippen LogP contribution in [0.5, 0.6) is 5.75 Å². The maximum absolute atomic E-state index is 11.8. The van der Waals surface area contributed by atoms with Crippen molar-refractivity contribution in [3.05, 3.63) is 41.2 Å². The molecule has 0 aliphatic carbocycles. The molecule has 0 aliphatic heterocycles. The van der Waals surface area contributed by atoms with Crippen LogP contribution >= 0.6 is 22.6 Å². The van der Waals surface area contributed by atoms with E-state index in [1.54, 1.807) is 13.8 Å².